The zero-order chi connectivity index (χ0) is 21.6. The molecule has 0 aromatic carbocycles. The number of rotatable bonds is 3. The lowest BCUT2D eigenvalue weighted by molar-refractivity contribution is -0.137. The van der Waals surface area contributed by atoms with Crippen LogP contribution in [0.2, 0.25) is 0 Å². The Kier molecular flexibility index (Phi) is 4.64. The predicted octanol–water partition coefficient (Wildman–Crippen LogP) is 4.16. The Balaban J connectivity index is 1.49. The van der Waals surface area contributed by atoms with Crippen LogP contribution < -0.4 is 4.90 Å². The van der Waals surface area contributed by atoms with Crippen LogP contribution in [0.4, 0.5) is 19.1 Å². The molecule has 160 valence electrons. The van der Waals surface area contributed by atoms with Crippen LogP contribution >= 0.6 is 0 Å². The molecule has 0 radical (unpaired) electrons. The molecule has 0 unspecified atom stereocenters. The number of H-pyrrole nitrogens is 1. The largest absolute Gasteiger partial charge is 0.417 e. The zero-order valence-electron chi connectivity index (χ0n) is 16.7. The van der Waals surface area contributed by atoms with E-state index in [1.54, 1.807) is 12.3 Å². The number of nitrogens with zero attached hydrogens (tertiary/aromatic N) is 6. The van der Waals surface area contributed by atoms with Crippen molar-refractivity contribution < 1.29 is 13.2 Å². The van der Waals surface area contributed by atoms with Crippen LogP contribution in [0.1, 0.15) is 30.4 Å². The summed E-state index contributed by atoms with van der Waals surface area (Å²) in [7, 11) is 0. The fourth-order valence-electron chi connectivity index (χ4n) is 4.22. The van der Waals surface area contributed by atoms with Crippen molar-refractivity contribution in [2.45, 2.75) is 25.4 Å². The highest BCUT2D eigenvalue weighted by Gasteiger charge is 2.31. The lowest BCUT2D eigenvalue weighted by Gasteiger charge is -2.36. The van der Waals surface area contributed by atoms with Crippen molar-refractivity contribution in [1.82, 2.24) is 29.5 Å². The summed E-state index contributed by atoms with van der Waals surface area (Å²) in [4.78, 5) is 15.5. The molecule has 0 aliphatic carbocycles. The van der Waals surface area contributed by atoms with Gasteiger partial charge in [0.05, 0.1) is 29.3 Å². The van der Waals surface area contributed by atoms with E-state index in [0.717, 1.165) is 37.3 Å². The number of nitrogens with one attached hydrogen (secondary N) is 1. The van der Waals surface area contributed by atoms with Gasteiger partial charge in [0.2, 0.25) is 5.95 Å². The molecule has 0 saturated carbocycles. The van der Waals surface area contributed by atoms with Gasteiger partial charge >= 0.3 is 6.18 Å². The molecule has 4 aromatic rings. The smallest absolute Gasteiger partial charge is 0.340 e. The van der Waals surface area contributed by atoms with E-state index < -0.39 is 11.7 Å². The van der Waals surface area contributed by atoms with Crippen LogP contribution in [0.15, 0.2) is 49.2 Å². The second-order valence-corrected chi connectivity index (χ2v) is 8.00. The van der Waals surface area contributed by atoms with Crippen LogP contribution in [0, 0.1) is 5.92 Å². The fraction of sp³-hybridized carbons (Fsp3) is 0.333. The molecule has 7 nitrogen and oxygen atoms in total. The van der Waals surface area contributed by atoms with Gasteiger partial charge in [-0.3, -0.25) is 9.50 Å². The monoisotopic (exact) mass is 427 g/mol. The summed E-state index contributed by atoms with van der Waals surface area (Å²) in [5.41, 5.74) is 1.85. The number of aromatic amines is 1. The number of anilines is 1. The van der Waals surface area contributed by atoms with E-state index in [9.17, 15) is 13.2 Å². The van der Waals surface area contributed by atoms with Crippen molar-refractivity contribution in [2.24, 2.45) is 5.92 Å². The van der Waals surface area contributed by atoms with Gasteiger partial charge in [0, 0.05) is 37.6 Å². The molecule has 0 amide bonds. The first-order valence-electron chi connectivity index (χ1n) is 10.00. The van der Waals surface area contributed by atoms with Gasteiger partial charge in [-0.1, -0.05) is 6.92 Å². The molecule has 1 N–H and O–H groups in total. The first kappa shape index (κ1) is 19.5. The standard InChI is InChI=1S/C21H20F3N7/c1-13-6-14(15-7-27-28-8-15)11-30(10-13)20-25-5-4-17(29-20)18-9-26-19-3-2-16(12-31(18)19)21(22,23)24/h2-5,7-9,12-14H,6,10-11H2,1H3,(H,27,28)/t13-,14+/m1/s1. The molecule has 5 heterocycles. The van der Waals surface area contributed by atoms with E-state index in [4.69, 9.17) is 0 Å². The normalized spacial score (nSPS) is 19.8. The first-order chi connectivity index (χ1) is 14.9. The third kappa shape index (κ3) is 3.73. The van der Waals surface area contributed by atoms with Gasteiger partial charge in [-0.05, 0) is 36.1 Å². The minimum absolute atomic E-state index is 0.305. The van der Waals surface area contributed by atoms with Crippen molar-refractivity contribution in [3.05, 3.63) is 60.3 Å². The van der Waals surface area contributed by atoms with Gasteiger partial charge in [0.1, 0.15) is 5.65 Å². The molecule has 2 atom stereocenters. The van der Waals surface area contributed by atoms with Crippen molar-refractivity contribution in [1.29, 1.82) is 0 Å². The molecule has 0 spiro atoms. The summed E-state index contributed by atoms with van der Waals surface area (Å²) in [5, 5.41) is 6.92. The third-order valence-electron chi connectivity index (χ3n) is 5.67. The van der Waals surface area contributed by atoms with Crippen molar-refractivity contribution in [3.63, 3.8) is 0 Å². The number of fused-ring (bicyclic) bond motifs is 1. The Bertz CT molecular complexity index is 1200. The van der Waals surface area contributed by atoms with Crippen LogP contribution in [-0.4, -0.2) is 42.6 Å². The maximum atomic E-state index is 13.2. The van der Waals surface area contributed by atoms with E-state index in [2.05, 4.69) is 37.0 Å². The Morgan fingerprint density at radius 3 is 2.74 bits per heavy atom. The van der Waals surface area contributed by atoms with Gasteiger partial charge in [-0.2, -0.15) is 18.3 Å². The summed E-state index contributed by atoms with van der Waals surface area (Å²) >= 11 is 0. The molecule has 10 heteroatoms. The Morgan fingerprint density at radius 1 is 1.10 bits per heavy atom. The lowest BCUT2D eigenvalue weighted by Crippen LogP contribution is -2.39. The average molecular weight is 427 g/mol. The zero-order valence-corrected chi connectivity index (χ0v) is 16.7. The third-order valence-corrected chi connectivity index (χ3v) is 5.67. The molecule has 1 saturated heterocycles. The van der Waals surface area contributed by atoms with Crippen molar-refractivity contribution in [2.75, 3.05) is 18.0 Å². The summed E-state index contributed by atoms with van der Waals surface area (Å²) < 4.78 is 41.0. The second kappa shape index (κ2) is 7.36. The number of alkyl halides is 3. The lowest BCUT2D eigenvalue weighted by atomic mass is 9.87. The van der Waals surface area contributed by atoms with Gasteiger partial charge < -0.3 is 4.90 Å². The second-order valence-electron chi connectivity index (χ2n) is 8.00. The van der Waals surface area contributed by atoms with Crippen LogP contribution in [-0.2, 0) is 6.18 Å². The average Bonchev–Trinajstić information content (AvgIpc) is 3.42. The minimum Gasteiger partial charge on any atom is -0.340 e. The number of piperidine rings is 1. The molecule has 0 bridgehead atoms. The molecular formula is C21H20F3N7. The summed E-state index contributed by atoms with van der Waals surface area (Å²) in [6, 6.07) is 4.08. The highest BCUT2D eigenvalue weighted by Crippen LogP contribution is 2.33. The molecule has 1 fully saturated rings. The number of hydrogen-bond acceptors (Lipinski definition) is 5. The Morgan fingerprint density at radius 2 is 1.97 bits per heavy atom. The van der Waals surface area contributed by atoms with E-state index in [0.29, 0.717) is 34.8 Å². The number of hydrogen-bond donors (Lipinski definition) is 1. The maximum absolute atomic E-state index is 13.2. The molecule has 4 aromatic heterocycles. The van der Waals surface area contributed by atoms with Crippen LogP contribution in [0.5, 0.6) is 0 Å². The number of pyridine rings is 1. The van der Waals surface area contributed by atoms with Gasteiger partial charge in [-0.25, -0.2) is 15.0 Å². The topological polar surface area (TPSA) is 75.0 Å². The minimum atomic E-state index is -4.43. The first-order valence-corrected chi connectivity index (χ1v) is 10.00. The van der Waals surface area contributed by atoms with Gasteiger partial charge in [0.25, 0.3) is 0 Å². The SMILES string of the molecule is C[C@@H]1C[C@H](c2cn[nH]c2)CN(c2nccc(-c3cnc4ccc(C(F)(F)F)cn34)n2)C1. The summed E-state index contributed by atoms with van der Waals surface area (Å²) in [5.74, 6) is 1.30. The van der Waals surface area contributed by atoms with E-state index in [-0.39, 0.29) is 0 Å². The number of halogens is 3. The molecule has 1 aliphatic rings. The van der Waals surface area contributed by atoms with Gasteiger partial charge in [0.15, 0.2) is 0 Å². The summed E-state index contributed by atoms with van der Waals surface area (Å²) in [6.45, 7) is 3.74. The van der Waals surface area contributed by atoms with Crippen molar-refractivity contribution >= 4 is 11.6 Å². The van der Waals surface area contributed by atoms with Crippen LogP contribution in [0.25, 0.3) is 17.0 Å². The van der Waals surface area contributed by atoms with E-state index in [1.165, 1.54) is 16.7 Å². The molecule has 5 rings (SSSR count). The highest BCUT2D eigenvalue weighted by molar-refractivity contribution is 5.61. The quantitative estimate of drug-likeness (QED) is 0.531. The van der Waals surface area contributed by atoms with Crippen molar-refractivity contribution in [3.8, 4) is 11.4 Å². The van der Waals surface area contributed by atoms with E-state index >= 15 is 0 Å². The number of aromatic nitrogens is 6. The predicted molar refractivity (Wildman–Crippen MR) is 109 cm³/mol. The fourth-order valence-corrected chi connectivity index (χ4v) is 4.22. The molecule has 31 heavy (non-hydrogen) atoms. The van der Waals surface area contributed by atoms with Gasteiger partial charge in [-0.15, -0.1) is 0 Å². The molecular weight excluding hydrogens is 407 g/mol. The maximum Gasteiger partial charge on any atom is 0.417 e. The van der Waals surface area contributed by atoms with Crippen LogP contribution in [0.3, 0.4) is 0 Å². The molecule has 1 aliphatic heterocycles. The Hall–Kier alpha value is -3.43. The Labute approximate surface area is 176 Å². The number of imidazole rings is 1. The summed E-state index contributed by atoms with van der Waals surface area (Å²) in [6.07, 6.45) is 4.59. The van der Waals surface area contributed by atoms with E-state index in [1.807, 2.05) is 12.4 Å². The highest BCUT2D eigenvalue weighted by atomic mass is 19.4.